The van der Waals surface area contributed by atoms with Crippen molar-refractivity contribution in [1.82, 2.24) is 0 Å². The van der Waals surface area contributed by atoms with Crippen molar-refractivity contribution in [2.75, 3.05) is 0 Å². The van der Waals surface area contributed by atoms with Gasteiger partial charge in [-0.25, -0.2) is 0 Å². The van der Waals surface area contributed by atoms with Gasteiger partial charge in [0.05, 0.1) is 0 Å². The SMILES string of the molecule is Cc1cccc2c([Si](c3ccccc3)(c3ccccc3)c3ccc(C)c4ccccc34)cccc12. The van der Waals surface area contributed by atoms with Crippen LogP contribution in [0.1, 0.15) is 11.1 Å². The fourth-order valence-corrected chi connectivity index (χ4v) is 11.1. The third-order valence-corrected chi connectivity index (χ3v) is 12.4. The molecular weight excluding hydrogens is 436 g/mol. The van der Waals surface area contributed by atoms with Crippen molar-refractivity contribution in [2.45, 2.75) is 13.8 Å². The van der Waals surface area contributed by atoms with Crippen LogP contribution in [0.4, 0.5) is 0 Å². The molecule has 0 aliphatic rings. The Balaban J connectivity index is 1.88. The van der Waals surface area contributed by atoms with Crippen molar-refractivity contribution in [1.29, 1.82) is 0 Å². The Kier molecular flexibility index (Phi) is 5.35. The molecule has 0 N–H and O–H groups in total. The third kappa shape index (κ3) is 3.35. The minimum Gasteiger partial charge on any atom is -0.0623 e. The minimum absolute atomic E-state index is 1.32. The summed E-state index contributed by atoms with van der Waals surface area (Å²) in [5.74, 6) is 0. The predicted octanol–water partition coefficient (Wildman–Crippen LogP) is 5.99. The number of aryl methyl sites for hydroxylation is 2. The van der Waals surface area contributed by atoms with Gasteiger partial charge in [0, 0.05) is 0 Å². The van der Waals surface area contributed by atoms with Gasteiger partial charge in [-0.2, -0.15) is 0 Å². The monoisotopic (exact) mass is 464 g/mol. The zero-order valence-electron chi connectivity index (χ0n) is 20.2. The second kappa shape index (κ2) is 8.68. The lowest BCUT2D eigenvalue weighted by molar-refractivity contribution is 1.53. The van der Waals surface area contributed by atoms with E-state index in [0.29, 0.717) is 0 Å². The van der Waals surface area contributed by atoms with E-state index in [-0.39, 0.29) is 0 Å². The minimum atomic E-state index is -2.67. The summed E-state index contributed by atoms with van der Waals surface area (Å²) in [6, 6.07) is 49.8. The molecule has 6 aromatic rings. The van der Waals surface area contributed by atoms with Crippen molar-refractivity contribution >= 4 is 50.4 Å². The maximum Gasteiger partial charge on any atom is 0.180 e. The molecule has 168 valence electrons. The largest absolute Gasteiger partial charge is 0.180 e. The van der Waals surface area contributed by atoms with Crippen LogP contribution < -0.4 is 20.7 Å². The number of benzene rings is 6. The third-order valence-electron chi connectivity index (χ3n) is 7.50. The summed E-state index contributed by atoms with van der Waals surface area (Å²) in [5, 5.41) is 11.1. The van der Waals surface area contributed by atoms with Gasteiger partial charge in [-0.05, 0) is 67.3 Å². The molecule has 0 saturated heterocycles. The van der Waals surface area contributed by atoms with Gasteiger partial charge < -0.3 is 0 Å². The van der Waals surface area contributed by atoms with Gasteiger partial charge in [-0.1, -0.05) is 133 Å². The van der Waals surface area contributed by atoms with E-state index in [1.807, 2.05) is 0 Å². The van der Waals surface area contributed by atoms with Crippen molar-refractivity contribution in [2.24, 2.45) is 0 Å². The quantitative estimate of drug-likeness (QED) is 0.222. The zero-order valence-corrected chi connectivity index (χ0v) is 21.2. The van der Waals surface area contributed by atoms with Crippen LogP contribution in [0.3, 0.4) is 0 Å². The molecule has 6 aromatic carbocycles. The topological polar surface area (TPSA) is 0 Å². The van der Waals surface area contributed by atoms with E-state index in [2.05, 4.69) is 147 Å². The maximum absolute atomic E-state index is 2.67. The van der Waals surface area contributed by atoms with E-state index in [1.165, 1.54) is 53.4 Å². The van der Waals surface area contributed by atoms with Crippen molar-refractivity contribution in [3.8, 4) is 0 Å². The van der Waals surface area contributed by atoms with Crippen LogP contribution in [0.25, 0.3) is 21.5 Å². The molecule has 6 rings (SSSR count). The first-order valence-corrected chi connectivity index (χ1v) is 14.3. The molecule has 0 saturated carbocycles. The van der Waals surface area contributed by atoms with Crippen LogP contribution in [-0.2, 0) is 0 Å². The lowest BCUT2D eigenvalue weighted by Gasteiger charge is -2.36. The highest BCUT2D eigenvalue weighted by atomic mass is 28.3. The normalized spacial score (nSPS) is 11.7. The smallest absolute Gasteiger partial charge is 0.0623 e. The highest BCUT2D eigenvalue weighted by Crippen LogP contribution is 2.24. The summed E-state index contributed by atoms with van der Waals surface area (Å²) in [6.45, 7) is 4.45. The molecule has 0 heterocycles. The van der Waals surface area contributed by atoms with Gasteiger partial charge in [0.25, 0.3) is 0 Å². The van der Waals surface area contributed by atoms with Crippen molar-refractivity contribution < 1.29 is 0 Å². The Hall–Kier alpha value is -3.94. The summed E-state index contributed by atoms with van der Waals surface area (Å²) >= 11 is 0. The lowest BCUT2D eigenvalue weighted by Crippen LogP contribution is -2.75. The van der Waals surface area contributed by atoms with E-state index >= 15 is 0 Å². The van der Waals surface area contributed by atoms with Crippen LogP contribution >= 0.6 is 0 Å². The van der Waals surface area contributed by atoms with Crippen LogP contribution in [0.5, 0.6) is 0 Å². The summed E-state index contributed by atoms with van der Waals surface area (Å²) in [5.41, 5.74) is 2.64. The fraction of sp³-hybridized carbons (Fsp3) is 0.0588. The summed E-state index contributed by atoms with van der Waals surface area (Å²) in [7, 11) is -2.67. The second-order valence-corrected chi connectivity index (χ2v) is 13.2. The maximum atomic E-state index is 2.42. The predicted molar refractivity (Wildman–Crippen MR) is 155 cm³/mol. The molecule has 0 spiro atoms. The average Bonchev–Trinajstić information content (AvgIpc) is 2.92. The molecular formula is C34H28Si. The molecule has 0 fully saturated rings. The number of fused-ring (bicyclic) bond motifs is 2. The van der Waals surface area contributed by atoms with Crippen molar-refractivity contribution in [3.63, 3.8) is 0 Å². The standard InChI is InChI=1S/C34H28Si/c1-25-13-11-21-32-30(25)20-12-22-33(32)35(27-14-5-3-6-15-27,28-16-7-4-8-17-28)34-24-23-26(2)29-18-9-10-19-31(29)34/h3-24H,1-2H3. The van der Waals surface area contributed by atoms with Gasteiger partial charge in [-0.3, -0.25) is 0 Å². The first kappa shape index (κ1) is 21.6. The van der Waals surface area contributed by atoms with Crippen molar-refractivity contribution in [3.05, 3.63) is 145 Å². The van der Waals surface area contributed by atoms with Gasteiger partial charge >= 0.3 is 0 Å². The molecule has 0 nitrogen and oxygen atoms in total. The Labute approximate surface area is 208 Å². The zero-order chi connectivity index (χ0) is 23.8. The number of hydrogen-bond donors (Lipinski definition) is 0. The van der Waals surface area contributed by atoms with Crippen LogP contribution in [0.15, 0.2) is 133 Å². The molecule has 0 atom stereocenters. The molecule has 0 aliphatic carbocycles. The van der Waals surface area contributed by atoms with Crippen LogP contribution in [-0.4, -0.2) is 8.07 Å². The van der Waals surface area contributed by atoms with Gasteiger partial charge in [0.15, 0.2) is 8.07 Å². The molecule has 0 aromatic heterocycles. The average molecular weight is 465 g/mol. The van der Waals surface area contributed by atoms with Gasteiger partial charge in [0.2, 0.25) is 0 Å². The van der Waals surface area contributed by atoms with E-state index < -0.39 is 8.07 Å². The summed E-state index contributed by atoms with van der Waals surface area (Å²) < 4.78 is 0. The molecule has 1 heteroatoms. The molecule has 0 bridgehead atoms. The molecule has 0 unspecified atom stereocenters. The Morgan fingerprint density at radius 1 is 0.343 bits per heavy atom. The summed E-state index contributed by atoms with van der Waals surface area (Å²) in [4.78, 5) is 0. The van der Waals surface area contributed by atoms with Crippen LogP contribution in [0.2, 0.25) is 0 Å². The van der Waals surface area contributed by atoms with E-state index in [0.717, 1.165) is 0 Å². The lowest BCUT2D eigenvalue weighted by atomic mass is 10.1. The highest BCUT2D eigenvalue weighted by Gasteiger charge is 2.43. The Morgan fingerprint density at radius 3 is 1.40 bits per heavy atom. The molecule has 0 aliphatic heterocycles. The first-order chi connectivity index (χ1) is 17.2. The van der Waals surface area contributed by atoms with E-state index in [4.69, 9.17) is 0 Å². The fourth-order valence-electron chi connectivity index (χ4n) is 5.88. The number of hydrogen-bond acceptors (Lipinski definition) is 0. The molecule has 35 heavy (non-hydrogen) atoms. The van der Waals surface area contributed by atoms with Gasteiger partial charge in [0.1, 0.15) is 0 Å². The molecule has 0 radical (unpaired) electrons. The number of rotatable bonds is 4. The van der Waals surface area contributed by atoms with Crippen LogP contribution in [0, 0.1) is 13.8 Å². The first-order valence-electron chi connectivity index (χ1n) is 12.3. The van der Waals surface area contributed by atoms with E-state index in [9.17, 15) is 0 Å². The molecule has 0 amide bonds. The summed E-state index contributed by atoms with van der Waals surface area (Å²) in [6.07, 6.45) is 0. The second-order valence-electron chi connectivity index (χ2n) is 9.43. The van der Waals surface area contributed by atoms with Gasteiger partial charge in [-0.15, -0.1) is 0 Å². The Bertz CT molecular complexity index is 1570. The highest BCUT2D eigenvalue weighted by molar-refractivity contribution is 7.21. The van der Waals surface area contributed by atoms with E-state index in [1.54, 1.807) is 0 Å². The Morgan fingerprint density at radius 2 is 0.771 bits per heavy atom.